The van der Waals surface area contributed by atoms with Crippen LogP contribution in [0, 0.1) is 0 Å². The zero-order valence-corrected chi connectivity index (χ0v) is 14.3. The third-order valence-electron chi connectivity index (χ3n) is 4.15. The average molecular weight is 340 g/mol. The highest BCUT2D eigenvalue weighted by atomic mass is 16.5. The number of benzene rings is 1. The van der Waals surface area contributed by atoms with E-state index in [2.05, 4.69) is 20.5 Å². The van der Waals surface area contributed by atoms with E-state index in [1.807, 2.05) is 36.4 Å². The molecule has 6 heteroatoms. The molecule has 1 aromatic carbocycles. The van der Waals surface area contributed by atoms with Gasteiger partial charge in [-0.1, -0.05) is 30.3 Å². The Bertz CT molecular complexity index is 672. The number of rotatable bonds is 7. The van der Waals surface area contributed by atoms with Gasteiger partial charge in [0, 0.05) is 44.6 Å². The smallest absolute Gasteiger partial charge is 0.270 e. The molecule has 1 fully saturated rings. The van der Waals surface area contributed by atoms with Crippen LogP contribution in [0.4, 0.5) is 5.69 Å². The fourth-order valence-corrected chi connectivity index (χ4v) is 2.72. The standard InChI is InChI=1S/C19H24N4O2/c24-19(22-15-16-4-2-1-3-5-16)18-14-17(6-7-21-18)20-8-9-23-10-12-25-13-11-23/h1-7,14H,8-13,15H2,(H,20,21)(H,22,24). The third kappa shape index (κ3) is 5.55. The van der Waals surface area contributed by atoms with Crippen molar-refractivity contribution >= 4 is 11.6 Å². The zero-order chi connectivity index (χ0) is 17.3. The molecule has 1 aliphatic rings. The van der Waals surface area contributed by atoms with Crippen molar-refractivity contribution in [2.75, 3.05) is 44.7 Å². The summed E-state index contributed by atoms with van der Waals surface area (Å²) in [6.07, 6.45) is 1.66. The van der Waals surface area contributed by atoms with Crippen LogP contribution in [0.1, 0.15) is 16.1 Å². The second-order valence-electron chi connectivity index (χ2n) is 5.98. The topological polar surface area (TPSA) is 66.5 Å². The lowest BCUT2D eigenvalue weighted by Gasteiger charge is -2.26. The van der Waals surface area contributed by atoms with Crippen LogP contribution in [-0.2, 0) is 11.3 Å². The molecule has 0 saturated carbocycles. The molecule has 0 spiro atoms. The molecule has 1 amide bonds. The second kappa shape index (κ2) is 9.15. The van der Waals surface area contributed by atoms with E-state index in [9.17, 15) is 4.79 Å². The molecular weight excluding hydrogens is 316 g/mol. The maximum Gasteiger partial charge on any atom is 0.270 e. The first kappa shape index (κ1) is 17.4. The Hall–Kier alpha value is -2.44. The van der Waals surface area contributed by atoms with Crippen LogP contribution in [0.3, 0.4) is 0 Å². The summed E-state index contributed by atoms with van der Waals surface area (Å²) in [6.45, 7) is 5.85. The number of nitrogens with zero attached hydrogens (tertiary/aromatic N) is 2. The van der Waals surface area contributed by atoms with Crippen molar-refractivity contribution < 1.29 is 9.53 Å². The largest absolute Gasteiger partial charge is 0.384 e. The number of ether oxygens (including phenoxy) is 1. The molecule has 1 saturated heterocycles. The molecule has 2 heterocycles. The molecule has 3 rings (SSSR count). The van der Waals surface area contributed by atoms with Gasteiger partial charge in [-0.05, 0) is 17.7 Å². The minimum atomic E-state index is -0.166. The highest BCUT2D eigenvalue weighted by molar-refractivity contribution is 5.93. The summed E-state index contributed by atoms with van der Waals surface area (Å²) in [5.74, 6) is -0.166. The molecule has 0 unspecified atom stereocenters. The summed E-state index contributed by atoms with van der Waals surface area (Å²) in [7, 11) is 0. The number of nitrogens with one attached hydrogen (secondary N) is 2. The Morgan fingerprint density at radius 3 is 2.76 bits per heavy atom. The van der Waals surface area contributed by atoms with Crippen molar-refractivity contribution in [3.8, 4) is 0 Å². The number of hydrogen-bond donors (Lipinski definition) is 2. The number of amides is 1. The van der Waals surface area contributed by atoms with Gasteiger partial charge in [0.2, 0.25) is 0 Å². The molecule has 6 nitrogen and oxygen atoms in total. The van der Waals surface area contributed by atoms with Crippen molar-refractivity contribution in [1.29, 1.82) is 0 Å². The summed E-state index contributed by atoms with van der Waals surface area (Å²) < 4.78 is 5.35. The minimum Gasteiger partial charge on any atom is -0.384 e. The van der Waals surface area contributed by atoms with Crippen molar-refractivity contribution in [2.45, 2.75) is 6.54 Å². The van der Waals surface area contributed by atoms with Gasteiger partial charge in [0.05, 0.1) is 13.2 Å². The Morgan fingerprint density at radius 2 is 1.96 bits per heavy atom. The molecule has 0 bridgehead atoms. The number of carbonyl (C=O) groups excluding carboxylic acids is 1. The van der Waals surface area contributed by atoms with Crippen molar-refractivity contribution in [2.24, 2.45) is 0 Å². The van der Waals surface area contributed by atoms with Gasteiger partial charge in [-0.3, -0.25) is 14.7 Å². The number of carbonyl (C=O) groups is 1. The van der Waals surface area contributed by atoms with Crippen molar-refractivity contribution in [3.05, 3.63) is 59.9 Å². The molecule has 2 aromatic rings. The first-order chi connectivity index (χ1) is 12.3. The van der Waals surface area contributed by atoms with E-state index in [1.54, 1.807) is 12.3 Å². The highest BCUT2D eigenvalue weighted by Crippen LogP contribution is 2.08. The van der Waals surface area contributed by atoms with Crippen LogP contribution in [0.2, 0.25) is 0 Å². The van der Waals surface area contributed by atoms with E-state index >= 15 is 0 Å². The second-order valence-corrected chi connectivity index (χ2v) is 5.98. The Balaban J connectivity index is 1.47. The van der Waals surface area contributed by atoms with E-state index in [1.165, 1.54) is 0 Å². The van der Waals surface area contributed by atoms with Gasteiger partial charge in [0.25, 0.3) is 5.91 Å². The predicted molar refractivity (Wildman–Crippen MR) is 97.6 cm³/mol. The Kier molecular flexibility index (Phi) is 6.36. The Morgan fingerprint density at radius 1 is 1.16 bits per heavy atom. The third-order valence-corrected chi connectivity index (χ3v) is 4.15. The van der Waals surface area contributed by atoms with E-state index in [4.69, 9.17) is 4.74 Å². The fraction of sp³-hybridized carbons (Fsp3) is 0.368. The van der Waals surface area contributed by atoms with Crippen LogP contribution in [0.15, 0.2) is 48.7 Å². The van der Waals surface area contributed by atoms with Crippen LogP contribution >= 0.6 is 0 Å². The summed E-state index contributed by atoms with van der Waals surface area (Å²) >= 11 is 0. The van der Waals surface area contributed by atoms with Crippen molar-refractivity contribution in [1.82, 2.24) is 15.2 Å². The summed E-state index contributed by atoms with van der Waals surface area (Å²) in [4.78, 5) is 18.8. The molecule has 0 aliphatic carbocycles. The molecule has 1 aliphatic heterocycles. The fourth-order valence-electron chi connectivity index (χ4n) is 2.72. The minimum absolute atomic E-state index is 0.166. The first-order valence-corrected chi connectivity index (χ1v) is 8.63. The van der Waals surface area contributed by atoms with Crippen molar-refractivity contribution in [3.63, 3.8) is 0 Å². The molecule has 2 N–H and O–H groups in total. The van der Waals surface area contributed by atoms with Crippen LogP contribution in [0.5, 0.6) is 0 Å². The molecule has 0 radical (unpaired) electrons. The van der Waals surface area contributed by atoms with E-state index < -0.39 is 0 Å². The normalized spacial score (nSPS) is 14.9. The number of anilines is 1. The van der Waals surface area contributed by atoms with Gasteiger partial charge in [-0.15, -0.1) is 0 Å². The monoisotopic (exact) mass is 340 g/mol. The first-order valence-electron chi connectivity index (χ1n) is 8.63. The SMILES string of the molecule is O=C(NCc1ccccc1)c1cc(NCCN2CCOCC2)ccn1. The van der Waals surface area contributed by atoms with E-state index in [0.717, 1.165) is 50.6 Å². The number of hydrogen-bond acceptors (Lipinski definition) is 5. The Labute approximate surface area is 148 Å². The van der Waals surface area contributed by atoms with Gasteiger partial charge in [0.1, 0.15) is 5.69 Å². The summed E-state index contributed by atoms with van der Waals surface area (Å²) in [6, 6.07) is 13.5. The summed E-state index contributed by atoms with van der Waals surface area (Å²) in [5, 5.41) is 6.26. The van der Waals surface area contributed by atoms with Crippen LogP contribution in [0.25, 0.3) is 0 Å². The van der Waals surface area contributed by atoms with Gasteiger partial charge >= 0.3 is 0 Å². The van der Waals surface area contributed by atoms with Gasteiger partial charge in [-0.2, -0.15) is 0 Å². The maximum absolute atomic E-state index is 12.3. The lowest BCUT2D eigenvalue weighted by atomic mass is 10.2. The van der Waals surface area contributed by atoms with Gasteiger partial charge in [-0.25, -0.2) is 0 Å². The molecule has 0 atom stereocenters. The van der Waals surface area contributed by atoms with Gasteiger partial charge in [0.15, 0.2) is 0 Å². The van der Waals surface area contributed by atoms with E-state index in [0.29, 0.717) is 12.2 Å². The lowest BCUT2D eigenvalue weighted by molar-refractivity contribution is 0.0398. The quantitative estimate of drug-likeness (QED) is 0.804. The molecule has 25 heavy (non-hydrogen) atoms. The number of pyridine rings is 1. The van der Waals surface area contributed by atoms with Gasteiger partial charge < -0.3 is 15.4 Å². The number of morpholine rings is 1. The maximum atomic E-state index is 12.3. The zero-order valence-electron chi connectivity index (χ0n) is 14.3. The molecule has 132 valence electrons. The highest BCUT2D eigenvalue weighted by Gasteiger charge is 2.10. The predicted octanol–water partition coefficient (Wildman–Crippen LogP) is 1.76. The molecule has 1 aromatic heterocycles. The van der Waals surface area contributed by atoms with Crippen LogP contribution < -0.4 is 10.6 Å². The number of aromatic nitrogens is 1. The summed E-state index contributed by atoms with van der Waals surface area (Å²) in [5.41, 5.74) is 2.40. The molecular formula is C19H24N4O2. The lowest BCUT2D eigenvalue weighted by Crippen LogP contribution is -2.39. The van der Waals surface area contributed by atoms with E-state index in [-0.39, 0.29) is 5.91 Å². The average Bonchev–Trinajstić information content (AvgIpc) is 2.68. The van der Waals surface area contributed by atoms with Crippen LogP contribution in [-0.4, -0.2) is 55.2 Å².